The van der Waals surface area contributed by atoms with Crippen LogP contribution in [0.25, 0.3) is 0 Å². The lowest BCUT2D eigenvalue weighted by Crippen LogP contribution is -2.21. The number of carbonyl (C=O) groups excluding carboxylic acids is 2. The number of anilines is 2. The van der Waals surface area contributed by atoms with E-state index in [-0.39, 0.29) is 22.8 Å². The lowest BCUT2D eigenvalue weighted by Gasteiger charge is -2.06. The van der Waals surface area contributed by atoms with Gasteiger partial charge in [-0.25, -0.2) is 4.79 Å². The number of rotatable bonds is 6. The van der Waals surface area contributed by atoms with Crippen LogP contribution < -0.4 is 10.6 Å². The molecule has 2 aromatic rings. The van der Waals surface area contributed by atoms with Crippen molar-refractivity contribution in [1.82, 2.24) is 5.16 Å². The zero-order valence-electron chi connectivity index (χ0n) is 12.9. The number of nitrogens with zero attached hydrogens (tertiary/aromatic N) is 2. The Balaban J connectivity index is 1.98. The van der Waals surface area contributed by atoms with E-state index in [0.717, 1.165) is 6.07 Å². The van der Waals surface area contributed by atoms with Crippen LogP contribution in [-0.2, 0) is 9.53 Å². The van der Waals surface area contributed by atoms with Crippen LogP contribution in [0.1, 0.15) is 16.1 Å². The number of nitro groups is 1. The van der Waals surface area contributed by atoms with E-state index in [9.17, 15) is 19.7 Å². The van der Waals surface area contributed by atoms with Gasteiger partial charge in [0.25, 0.3) is 11.6 Å². The second kappa shape index (κ2) is 7.22. The number of aryl methyl sites for hydroxylation is 1. The molecule has 10 heteroatoms. The number of hydrogen-bond acceptors (Lipinski definition) is 8. The molecule has 1 aromatic carbocycles. The molecule has 0 unspecified atom stereocenters. The van der Waals surface area contributed by atoms with E-state index < -0.39 is 23.4 Å². The van der Waals surface area contributed by atoms with Crippen molar-refractivity contribution in [1.29, 1.82) is 0 Å². The van der Waals surface area contributed by atoms with Crippen LogP contribution in [-0.4, -0.2) is 35.6 Å². The first kappa shape index (κ1) is 16.9. The molecule has 0 bridgehead atoms. The van der Waals surface area contributed by atoms with Crippen molar-refractivity contribution >= 4 is 29.1 Å². The summed E-state index contributed by atoms with van der Waals surface area (Å²) in [5, 5.41) is 19.5. The number of hydrogen-bond donors (Lipinski definition) is 2. The molecule has 10 nitrogen and oxygen atoms in total. The fourth-order valence-electron chi connectivity index (χ4n) is 1.84. The maximum Gasteiger partial charge on any atom is 0.338 e. The second-order valence-corrected chi connectivity index (χ2v) is 4.69. The Bertz CT molecular complexity index is 785. The average molecular weight is 334 g/mol. The van der Waals surface area contributed by atoms with Gasteiger partial charge < -0.3 is 19.9 Å². The summed E-state index contributed by atoms with van der Waals surface area (Å²) in [5.41, 5.74) is -0.0454. The van der Waals surface area contributed by atoms with E-state index in [4.69, 9.17) is 9.26 Å². The molecule has 0 fully saturated rings. The van der Waals surface area contributed by atoms with Crippen molar-refractivity contribution in [2.45, 2.75) is 6.92 Å². The van der Waals surface area contributed by atoms with Gasteiger partial charge in [0.1, 0.15) is 11.4 Å². The largest absolute Gasteiger partial charge is 0.452 e. The standard InChI is InChI=1S/C14H14N4O6/c1-8-5-12(17-24-8)16-13(19)7-23-14(20)9-3-4-10(15-2)11(6-9)18(21)22/h3-6,15H,7H2,1-2H3,(H,16,17,19). The lowest BCUT2D eigenvalue weighted by atomic mass is 10.1. The molecule has 0 saturated carbocycles. The number of amides is 1. The van der Waals surface area contributed by atoms with Crippen LogP contribution in [0, 0.1) is 17.0 Å². The average Bonchev–Trinajstić information content (AvgIpc) is 2.96. The molecule has 2 N–H and O–H groups in total. The minimum absolute atomic E-state index is 0.0363. The smallest absolute Gasteiger partial charge is 0.338 e. The summed E-state index contributed by atoms with van der Waals surface area (Å²) in [6.45, 7) is 1.09. The van der Waals surface area contributed by atoms with Gasteiger partial charge in [-0.05, 0) is 19.1 Å². The molecule has 2 rings (SSSR count). The number of esters is 1. The first-order valence-electron chi connectivity index (χ1n) is 6.77. The van der Waals surface area contributed by atoms with Gasteiger partial charge in [0.05, 0.1) is 10.5 Å². The maximum absolute atomic E-state index is 11.9. The van der Waals surface area contributed by atoms with Crippen LogP contribution >= 0.6 is 0 Å². The maximum atomic E-state index is 11.9. The van der Waals surface area contributed by atoms with Gasteiger partial charge in [0.15, 0.2) is 12.4 Å². The number of benzene rings is 1. The molecule has 0 aliphatic carbocycles. The molecular weight excluding hydrogens is 320 g/mol. The van der Waals surface area contributed by atoms with E-state index in [2.05, 4.69) is 15.8 Å². The first-order chi connectivity index (χ1) is 11.4. The Morgan fingerprint density at radius 3 is 2.71 bits per heavy atom. The molecular formula is C14H14N4O6. The third-order valence-corrected chi connectivity index (χ3v) is 2.93. The molecule has 1 aromatic heterocycles. The lowest BCUT2D eigenvalue weighted by molar-refractivity contribution is -0.384. The molecule has 0 aliphatic heterocycles. The van der Waals surface area contributed by atoms with Gasteiger partial charge >= 0.3 is 5.97 Å². The molecule has 0 spiro atoms. The molecule has 0 aliphatic rings. The third kappa shape index (κ3) is 4.06. The SMILES string of the molecule is CNc1ccc(C(=O)OCC(=O)Nc2cc(C)on2)cc1[N+](=O)[O-]. The summed E-state index contributed by atoms with van der Waals surface area (Å²) >= 11 is 0. The topological polar surface area (TPSA) is 137 Å². The van der Waals surface area contributed by atoms with Crippen LogP contribution in [0.4, 0.5) is 17.2 Å². The van der Waals surface area contributed by atoms with Crippen molar-refractivity contribution in [3.63, 3.8) is 0 Å². The number of aromatic nitrogens is 1. The Kier molecular flexibility index (Phi) is 5.09. The number of carbonyl (C=O) groups is 2. The summed E-state index contributed by atoms with van der Waals surface area (Å²) < 4.78 is 9.60. The molecule has 126 valence electrons. The zero-order valence-corrected chi connectivity index (χ0v) is 12.9. The summed E-state index contributed by atoms with van der Waals surface area (Å²) in [4.78, 5) is 33.9. The molecule has 0 saturated heterocycles. The predicted octanol–water partition coefficient (Wildman–Crippen LogP) is 1.73. The molecule has 1 amide bonds. The quantitative estimate of drug-likeness (QED) is 0.463. The van der Waals surface area contributed by atoms with E-state index in [1.165, 1.54) is 25.2 Å². The van der Waals surface area contributed by atoms with Gasteiger partial charge in [0.2, 0.25) is 0 Å². The number of ether oxygens (including phenoxy) is 1. The highest BCUT2D eigenvalue weighted by Gasteiger charge is 2.18. The monoisotopic (exact) mass is 334 g/mol. The van der Waals surface area contributed by atoms with Gasteiger partial charge in [0, 0.05) is 19.2 Å². The Morgan fingerprint density at radius 2 is 2.12 bits per heavy atom. The van der Waals surface area contributed by atoms with E-state index in [1.807, 2.05) is 0 Å². The first-order valence-corrected chi connectivity index (χ1v) is 6.77. The number of nitro benzene ring substituents is 1. The molecule has 1 heterocycles. The Labute approximate surface area is 135 Å². The van der Waals surface area contributed by atoms with Crippen molar-refractivity contribution in [2.24, 2.45) is 0 Å². The van der Waals surface area contributed by atoms with Crippen molar-refractivity contribution in [3.8, 4) is 0 Å². The predicted molar refractivity (Wildman–Crippen MR) is 82.8 cm³/mol. The third-order valence-electron chi connectivity index (χ3n) is 2.93. The van der Waals surface area contributed by atoms with Crippen LogP contribution in [0.3, 0.4) is 0 Å². The van der Waals surface area contributed by atoms with Crippen molar-refractivity contribution in [3.05, 3.63) is 45.7 Å². The van der Waals surface area contributed by atoms with Crippen LogP contribution in [0.2, 0.25) is 0 Å². The summed E-state index contributed by atoms with van der Waals surface area (Å²) in [6.07, 6.45) is 0. The fourth-order valence-corrected chi connectivity index (χ4v) is 1.84. The van der Waals surface area contributed by atoms with Crippen molar-refractivity contribution in [2.75, 3.05) is 24.3 Å². The summed E-state index contributed by atoms with van der Waals surface area (Å²) in [6, 6.07) is 5.32. The summed E-state index contributed by atoms with van der Waals surface area (Å²) in [5.74, 6) is -0.757. The minimum Gasteiger partial charge on any atom is -0.452 e. The normalized spacial score (nSPS) is 10.1. The molecule has 24 heavy (non-hydrogen) atoms. The van der Waals surface area contributed by atoms with Crippen LogP contribution in [0.15, 0.2) is 28.8 Å². The zero-order chi connectivity index (χ0) is 17.7. The highest BCUT2D eigenvalue weighted by molar-refractivity contribution is 5.95. The van der Waals surface area contributed by atoms with E-state index in [1.54, 1.807) is 6.92 Å². The van der Waals surface area contributed by atoms with Gasteiger partial charge in [-0.2, -0.15) is 0 Å². The van der Waals surface area contributed by atoms with Gasteiger partial charge in [-0.1, -0.05) is 5.16 Å². The van der Waals surface area contributed by atoms with Crippen molar-refractivity contribution < 1.29 is 23.8 Å². The van der Waals surface area contributed by atoms with E-state index >= 15 is 0 Å². The van der Waals surface area contributed by atoms with E-state index in [0.29, 0.717) is 5.76 Å². The van der Waals surface area contributed by atoms with Gasteiger partial charge in [-0.15, -0.1) is 0 Å². The summed E-state index contributed by atoms with van der Waals surface area (Å²) in [7, 11) is 1.52. The fraction of sp³-hybridized carbons (Fsp3) is 0.214. The Morgan fingerprint density at radius 1 is 1.38 bits per heavy atom. The van der Waals surface area contributed by atoms with Crippen LogP contribution in [0.5, 0.6) is 0 Å². The van der Waals surface area contributed by atoms with Gasteiger partial charge in [-0.3, -0.25) is 14.9 Å². The molecule has 0 radical (unpaired) electrons. The number of nitrogens with one attached hydrogen (secondary N) is 2. The molecule has 0 atom stereocenters. The Hall–Kier alpha value is -3.43. The highest BCUT2D eigenvalue weighted by Crippen LogP contribution is 2.25. The minimum atomic E-state index is -0.854. The second-order valence-electron chi connectivity index (χ2n) is 4.69. The highest BCUT2D eigenvalue weighted by atomic mass is 16.6.